The predicted molar refractivity (Wildman–Crippen MR) is 99.4 cm³/mol. The van der Waals surface area contributed by atoms with Crippen LogP contribution in [-0.2, 0) is 22.4 Å². The fraction of sp³-hybridized carbons (Fsp3) is 0.300. The summed E-state index contributed by atoms with van der Waals surface area (Å²) in [5.41, 5.74) is 1.82. The van der Waals surface area contributed by atoms with Crippen LogP contribution in [-0.4, -0.2) is 39.1 Å². The van der Waals surface area contributed by atoms with Crippen LogP contribution in [0.4, 0.5) is 0 Å². The van der Waals surface area contributed by atoms with E-state index in [9.17, 15) is 9.59 Å². The molecule has 0 aliphatic rings. The van der Waals surface area contributed by atoms with Gasteiger partial charge in [0.05, 0.1) is 27.1 Å². The lowest BCUT2D eigenvalue weighted by molar-refractivity contribution is -0.122. The summed E-state index contributed by atoms with van der Waals surface area (Å²) >= 11 is 0. The summed E-state index contributed by atoms with van der Waals surface area (Å²) < 4.78 is 10.2. The maximum Gasteiger partial charge on any atom is 0.224 e. The van der Waals surface area contributed by atoms with Gasteiger partial charge < -0.3 is 20.1 Å². The summed E-state index contributed by atoms with van der Waals surface area (Å²) in [6.07, 6.45) is 0.591. The highest BCUT2D eigenvalue weighted by Gasteiger charge is 2.05. The lowest BCUT2D eigenvalue weighted by atomic mass is 10.1. The monoisotopic (exact) mass is 356 g/mol. The van der Waals surface area contributed by atoms with Crippen molar-refractivity contribution in [2.45, 2.75) is 12.8 Å². The molecule has 0 aliphatic heterocycles. The predicted octanol–water partition coefficient (Wildman–Crippen LogP) is 1.72. The van der Waals surface area contributed by atoms with E-state index in [1.165, 1.54) is 0 Å². The second kappa shape index (κ2) is 10.1. The van der Waals surface area contributed by atoms with Gasteiger partial charge in [0.15, 0.2) is 0 Å². The molecule has 26 heavy (non-hydrogen) atoms. The topological polar surface area (TPSA) is 76.7 Å². The van der Waals surface area contributed by atoms with Crippen LogP contribution in [0.3, 0.4) is 0 Å². The minimum atomic E-state index is -0.0837. The molecule has 0 aromatic heterocycles. The Morgan fingerprint density at radius 2 is 1.04 bits per heavy atom. The number of carbonyl (C=O) groups is 2. The first-order valence-electron chi connectivity index (χ1n) is 8.40. The van der Waals surface area contributed by atoms with Crippen LogP contribution < -0.4 is 20.1 Å². The molecule has 0 unspecified atom stereocenters. The molecule has 2 aromatic rings. The van der Waals surface area contributed by atoms with Crippen molar-refractivity contribution >= 4 is 11.8 Å². The fourth-order valence-corrected chi connectivity index (χ4v) is 2.39. The van der Waals surface area contributed by atoms with E-state index in [4.69, 9.17) is 9.47 Å². The average Bonchev–Trinajstić information content (AvgIpc) is 2.66. The largest absolute Gasteiger partial charge is 0.497 e. The Hall–Kier alpha value is -3.02. The summed E-state index contributed by atoms with van der Waals surface area (Å²) in [6, 6.07) is 14.7. The Bertz CT molecular complexity index is 648. The summed E-state index contributed by atoms with van der Waals surface area (Å²) in [5.74, 6) is 1.35. The number of methoxy groups -OCH3 is 2. The number of nitrogens with one attached hydrogen (secondary N) is 2. The summed E-state index contributed by atoms with van der Waals surface area (Å²) in [4.78, 5) is 23.8. The zero-order chi connectivity index (χ0) is 18.8. The summed E-state index contributed by atoms with van der Waals surface area (Å²) in [6.45, 7) is 0.784. The second-order valence-electron chi connectivity index (χ2n) is 5.75. The lowest BCUT2D eigenvalue weighted by Crippen LogP contribution is -2.35. The minimum Gasteiger partial charge on any atom is -0.497 e. The van der Waals surface area contributed by atoms with E-state index in [1.54, 1.807) is 14.2 Å². The standard InChI is InChI=1S/C20H24N2O4/c1-25-17-7-3-15(4-8-17)13-19(23)21-11-12-22-20(24)14-16-5-9-18(26-2)10-6-16/h3-10H,11-14H2,1-2H3,(H,21,23)(H,22,24). The quantitative estimate of drug-likeness (QED) is 0.671. The van der Waals surface area contributed by atoms with Crippen LogP contribution in [0.2, 0.25) is 0 Å². The third-order valence-corrected chi connectivity index (χ3v) is 3.82. The fourth-order valence-electron chi connectivity index (χ4n) is 2.39. The number of hydrogen-bond acceptors (Lipinski definition) is 4. The highest BCUT2D eigenvalue weighted by Crippen LogP contribution is 2.12. The van der Waals surface area contributed by atoms with E-state index in [-0.39, 0.29) is 11.8 Å². The molecule has 0 aliphatic carbocycles. The molecule has 0 saturated carbocycles. The first-order valence-corrected chi connectivity index (χ1v) is 8.40. The van der Waals surface area contributed by atoms with Crippen molar-refractivity contribution in [1.29, 1.82) is 0 Å². The van der Waals surface area contributed by atoms with Gasteiger partial charge in [-0.25, -0.2) is 0 Å². The maximum atomic E-state index is 11.9. The Morgan fingerprint density at radius 3 is 1.35 bits per heavy atom. The molecule has 2 aromatic carbocycles. The van der Waals surface area contributed by atoms with Crippen molar-refractivity contribution in [3.63, 3.8) is 0 Å². The molecule has 6 heteroatoms. The first-order chi connectivity index (χ1) is 12.6. The first kappa shape index (κ1) is 19.3. The minimum absolute atomic E-state index is 0.0837. The molecule has 0 fully saturated rings. The zero-order valence-corrected chi connectivity index (χ0v) is 15.1. The highest BCUT2D eigenvalue weighted by molar-refractivity contribution is 5.79. The number of benzene rings is 2. The van der Waals surface area contributed by atoms with E-state index in [2.05, 4.69) is 10.6 Å². The van der Waals surface area contributed by atoms with Gasteiger partial charge in [0.1, 0.15) is 11.5 Å². The number of amides is 2. The average molecular weight is 356 g/mol. The summed E-state index contributed by atoms with van der Waals surface area (Å²) in [5, 5.41) is 5.59. The Balaban J connectivity index is 1.63. The van der Waals surface area contributed by atoms with Crippen LogP contribution in [0.1, 0.15) is 11.1 Å². The molecule has 0 atom stereocenters. The third kappa shape index (κ3) is 6.47. The van der Waals surface area contributed by atoms with Crippen LogP contribution in [0.25, 0.3) is 0 Å². The number of rotatable bonds is 9. The van der Waals surface area contributed by atoms with E-state index < -0.39 is 0 Å². The van der Waals surface area contributed by atoms with Crippen molar-refractivity contribution in [3.05, 3.63) is 59.7 Å². The maximum absolute atomic E-state index is 11.9. The van der Waals surface area contributed by atoms with Gasteiger partial charge in [-0.1, -0.05) is 24.3 Å². The Labute approximate surface area is 153 Å². The molecule has 0 heterocycles. The van der Waals surface area contributed by atoms with Gasteiger partial charge in [-0.05, 0) is 35.4 Å². The number of carbonyl (C=O) groups excluding carboxylic acids is 2. The van der Waals surface area contributed by atoms with Gasteiger partial charge in [-0.3, -0.25) is 9.59 Å². The zero-order valence-electron chi connectivity index (χ0n) is 15.1. The van der Waals surface area contributed by atoms with Gasteiger partial charge in [-0.15, -0.1) is 0 Å². The van der Waals surface area contributed by atoms with Crippen molar-refractivity contribution in [1.82, 2.24) is 10.6 Å². The molecule has 2 N–H and O–H groups in total. The van der Waals surface area contributed by atoms with Crippen LogP contribution in [0.5, 0.6) is 11.5 Å². The smallest absolute Gasteiger partial charge is 0.224 e. The molecule has 0 bridgehead atoms. The highest BCUT2D eigenvalue weighted by atomic mass is 16.5. The van der Waals surface area contributed by atoms with Crippen molar-refractivity contribution in [2.75, 3.05) is 27.3 Å². The summed E-state index contributed by atoms with van der Waals surface area (Å²) in [7, 11) is 3.20. The van der Waals surface area contributed by atoms with E-state index in [0.717, 1.165) is 22.6 Å². The normalized spacial score (nSPS) is 10.1. The molecule has 2 rings (SSSR count). The molecule has 0 radical (unpaired) electrons. The van der Waals surface area contributed by atoms with Gasteiger partial charge in [0, 0.05) is 13.1 Å². The molecule has 0 spiro atoms. The molecule has 0 saturated heterocycles. The Morgan fingerprint density at radius 1 is 0.692 bits per heavy atom. The van der Waals surface area contributed by atoms with E-state index >= 15 is 0 Å². The van der Waals surface area contributed by atoms with Crippen LogP contribution in [0, 0.1) is 0 Å². The molecular formula is C20H24N2O4. The molecule has 138 valence electrons. The van der Waals surface area contributed by atoms with Gasteiger partial charge in [0.25, 0.3) is 0 Å². The van der Waals surface area contributed by atoms with Crippen molar-refractivity contribution in [2.24, 2.45) is 0 Å². The van der Waals surface area contributed by atoms with Gasteiger partial charge in [-0.2, -0.15) is 0 Å². The number of ether oxygens (including phenoxy) is 2. The lowest BCUT2D eigenvalue weighted by Gasteiger charge is -2.08. The van der Waals surface area contributed by atoms with Crippen LogP contribution >= 0.6 is 0 Å². The molecule has 2 amide bonds. The number of hydrogen-bond donors (Lipinski definition) is 2. The van der Waals surface area contributed by atoms with Crippen molar-refractivity contribution < 1.29 is 19.1 Å². The van der Waals surface area contributed by atoms with Crippen molar-refractivity contribution in [3.8, 4) is 11.5 Å². The Kier molecular flexibility index (Phi) is 7.49. The molecular weight excluding hydrogens is 332 g/mol. The second-order valence-corrected chi connectivity index (χ2v) is 5.75. The van der Waals surface area contributed by atoms with Gasteiger partial charge >= 0.3 is 0 Å². The third-order valence-electron chi connectivity index (χ3n) is 3.82. The van der Waals surface area contributed by atoms with Crippen LogP contribution in [0.15, 0.2) is 48.5 Å². The van der Waals surface area contributed by atoms with E-state index in [0.29, 0.717) is 25.9 Å². The SMILES string of the molecule is COc1ccc(CC(=O)NCCNC(=O)Cc2ccc(OC)cc2)cc1. The molecule has 6 nitrogen and oxygen atoms in total. The van der Waals surface area contributed by atoms with Gasteiger partial charge in [0.2, 0.25) is 11.8 Å². The van der Waals surface area contributed by atoms with E-state index in [1.807, 2.05) is 48.5 Å².